The van der Waals surface area contributed by atoms with Crippen LogP contribution in [0.5, 0.6) is 0 Å². The zero-order valence-electron chi connectivity index (χ0n) is 12.3. The van der Waals surface area contributed by atoms with Crippen molar-refractivity contribution in [2.45, 2.75) is 50.4 Å². The van der Waals surface area contributed by atoms with E-state index in [1.807, 2.05) is 0 Å². The van der Waals surface area contributed by atoms with Crippen molar-refractivity contribution in [2.75, 3.05) is 46.4 Å². The lowest BCUT2D eigenvalue weighted by atomic mass is 9.98. The third kappa shape index (κ3) is 3.30. The molecule has 0 radical (unpaired) electrons. The highest BCUT2D eigenvalue weighted by Crippen LogP contribution is 2.31. The Morgan fingerprint density at radius 1 is 1.05 bits per heavy atom. The second kappa shape index (κ2) is 6.08. The number of piperidine rings is 2. The van der Waals surface area contributed by atoms with Gasteiger partial charge in [0.25, 0.3) is 0 Å². The molecule has 110 valence electrons. The summed E-state index contributed by atoms with van der Waals surface area (Å²) >= 11 is 0. The summed E-state index contributed by atoms with van der Waals surface area (Å²) in [4.78, 5) is 5.15. The molecule has 3 heterocycles. The van der Waals surface area contributed by atoms with E-state index in [1.54, 1.807) is 0 Å². The highest BCUT2D eigenvalue weighted by Gasteiger charge is 2.39. The van der Waals surface area contributed by atoms with Crippen LogP contribution in [0.4, 0.5) is 0 Å². The third-order valence-corrected chi connectivity index (χ3v) is 5.13. The molecule has 0 aromatic carbocycles. The summed E-state index contributed by atoms with van der Waals surface area (Å²) < 4.78 is 11.6. The zero-order valence-corrected chi connectivity index (χ0v) is 12.3. The Kier molecular flexibility index (Phi) is 4.42. The first-order chi connectivity index (χ1) is 9.27. The molecule has 4 nitrogen and oxygen atoms in total. The number of rotatable bonds is 3. The minimum Gasteiger partial charge on any atom is -0.347 e. The first-order valence-electron chi connectivity index (χ1n) is 7.98. The van der Waals surface area contributed by atoms with Gasteiger partial charge in [-0.3, -0.25) is 0 Å². The maximum absolute atomic E-state index is 5.78. The van der Waals surface area contributed by atoms with Gasteiger partial charge in [0, 0.05) is 32.0 Å². The van der Waals surface area contributed by atoms with E-state index in [-0.39, 0.29) is 5.79 Å². The smallest absolute Gasteiger partial charge is 0.170 e. The van der Waals surface area contributed by atoms with E-state index >= 15 is 0 Å². The Bertz CT molecular complexity index is 282. The topological polar surface area (TPSA) is 24.9 Å². The molecule has 0 N–H and O–H groups in total. The van der Waals surface area contributed by atoms with Crippen molar-refractivity contribution in [2.24, 2.45) is 0 Å². The fourth-order valence-electron chi connectivity index (χ4n) is 3.74. The number of hydrogen-bond donors (Lipinski definition) is 0. The zero-order chi connectivity index (χ0) is 13.1. The highest BCUT2D eigenvalue weighted by atomic mass is 16.7. The molecule has 3 fully saturated rings. The standard InChI is InChI=1S/C15H28N2O2/c1-16-8-3-2-4-14(16)5-9-17-10-6-15(7-11-17)18-12-13-19-15/h14H,2-13H2,1H3. The van der Waals surface area contributed by atoms with E-state index in [9.17, 15) is 0 Å². The monoisotopic (exact) mass is 268 g/mol. The Hall–Kier alpha value is -0.160. The molecule has 3 aliphatic rings. The molecule has 0 amide bonds. The van der Waals surface area contributed by atoms with Crippen LogP contribution in [-0.2, 0) is 9.47 Å². The minimum atomic E-state index is -0.210. The van der Waals surface area contributed by atoms with Crippen LogP contribution in [0.1, 0.15) is 38.5 Å². The molecule has 0 aromatic rings. The summed E-state index contributed by atoms with van der Waals surface area (Å²) in [5.41, 5.74) is 0. The lowest BCUT2D eigenvalue weighted by Gasteiger charge is -2.39. The van der Waals surface area contributed by atoms with E-state index in [1.165, 1.54) is 38.8 Å². The summed E-state index contributed by atoms with van der Waals surface area (Å²) in [6.07, 6.45) is 7.61. The SMILES string of the molecule is CN1CCCCC1CCN1CCC2(CC1)OCCO2. The Morgan fingerprint density at radius 2 is 1.79 bits per heavy atom. The van der Waals surface area contributed by atoms with E-state index in [0.29, 0.717) is 0 Å². The Labute approximate surface area is 117 Å². The molecule has 0 bridgehead atoms. The first-order valence-corrected chi connectivity index (χ1v) is 7.98. The summed E-state index contributed by atoms with van der Waals surface area (Å²) in [6.45, 7) is 6.37. The molecule has 1 unspecified atom stereocenters. The van der Waals surface area contributed by atoms with Gasteiger partial charge in [0.15, 0.2) is 5.79 Å². The molecule has 0 saturated carbocycles. The number of hydrogen-bond acceptors (Lipinski definition) is 4. The van der Waals surface area contributed by atoms with Gasteiger partial charge in [-0.05, 0) is 39.4 Å². The van der Waals surface area contributed by atoms with Gasteiger partial charge in [-0.2, -0.15) is 0 Å². The number of nitrogens with zero attached hydrogens (tertiary/aromatic N) is 2. The van der Waals surface area contributed by atoms with Gasteiger partial charge in [-0.25, -0.2) is 0 Å². The van der Waals surface area contributed by atoms with Crippen molar-refractivity contribution in [3.63, 3.8) is 0 Å². The summed E-state index contributed by atoms with van der Waals surface area (Å²) in [5.74, 6) is -0.210. The quantitative estimate of drug-likeness (QED) is 0.778. The van der Waals surface area contributed by atoms with Crippen LogP contribution in [0.15, 0.2) is 0 Å². The van der Waals surface area contributed by atoms with E-state index in [4.69, 9.17) is 9.47 Å². The van der Waals surface area contributed by atoms with Crippen molar-refractivity contribution in [1.29, 1.82) is 0 Å². The molecule has 19 heavy (non-hydrogen) atoms. The van der Waals surface area contributed by atoms with Crippen LogP contribution >= 0.6 is 0 Å². The predicted molar refractivity (Wildman–Crippen MR) is 75.2 cm³/mol. The van der Waals surface area contributed by atoms with Crippen LogP contribution in [0.25, 0.3) is 0 Å². The van der Waals surface area contributed by atoms with Gasteiger partial charge >= 0.3 is 0 Å². The van der Waals surface area contributed by atoms with Gasteiger partial charge in [-0.1, -0.05) is 6.42 Å². The predicted octanol–water partition coefficient (Wildman–Crippen LogP) is 1.70. The van der Waals surface area contributed by atoms with Gasteiger partial charge < -0.3 is 19.3 Å². The van der Waals surface area contributed by atoms with Crippen molar-refractivity contribution in [1.82, 2.24) is 9.80 Å². The second-order valence-corrected chi connectivity index (χ2v) is 6.37. The molecule has 3 saturated heterocycles. The Balaban J connectivity index is 1.40. The lowest BCUT2D eigenvalue weighted by Crippen LogP contribution is -2.46. The molecule has 1 atom stereocenters. The Morgan fingerprint density at radius 3 is 2.47 bits per heavy atom. The minimum absolute atomic E-state index is 0.210. The second-order valence-electron chi connectivity index (χ2n) is 6.37. The lowest BCUT2D eigenvalue weighted by molar-refractivity contribution is -0.185. The van der Waals surface area contributed by atoms with Gasteiger partial charge in [-0.15, -0.1) is 0 Å². The van der Waals surface area contributed by atoms with Gasteiger partial charge in [0.2, 0.25) is 0 Å². The van der Waals surface area contributed by atoms with Crippen molar-refractivity contribution >= 4 is 0 Å². The largest absolute Gasteiger partial charge is 0.347 e. The van der Waals surface area contributed by atoms with Crippen LogP contribution in [-0.4, -0.2) is 68.1 Å². The fraction of sp³-hybridized carbons (Fsp3) is 1.00. The van der Waals surface area contributed by atoms with E-state index in [2.05, 4.69) is 16.8 Å². The molecule has 3 aliphatic heterocycles. The molecule has 3 rings (SSSR count). The van der Waals surface area contributed by atoms with Gasteiger partial charge in [0.1, 0.15) is 0 Å². The number of ether oxygens (including phenoxy) is 2. The van der Waals surface area contributed by atoms with Crippen LogP contribution in [0.2, 0.25) is 0 Å². The average Bonchev–Trinajstić information content (AvgIpc) is 2.88. The van der Waals surface area contributed by atoms with Crippen molar-refractivity contribution in [3.05, 3.63) is 0 Å². The molecular formula is C15H28N2O2. The average molecular weight is 268 g/mol. The molecule has 0 aliphatic carbocycles. The highest BCUT2D eigenvalue weighted by molar-refractivity contribution is 4.84. The maximum Gasteiger partial charge on any atom is 0.170 e. The van der Waals surface area contributed by atoms with Crippen LogP contribution < -0.4 is 0 Å². The molecule has 4 heteroatoms. The van der Waals surface area contributed by atoms with E-state index in [0.717, 1.165) is 45.2 Å². The summed E-state index contributed by atoms with van der Waals surface area (Å²) in [6, 6.07) is 0.809. The van der Waals surface area contributed by atoms with Gasteiger partial charge in [0.05, 0.1) is 13.2 Å². The van der Waals surface area contributed by atoms with Crippen molar-refractivity contribution in [3.8, 4) is 0 Å². The van der Waals surface area contributed by atoms with Crippen LogP contribution in [0.3, 0.4) is 0 Å². The fourth-order valence-corrected chi connectivity index (χ4v) is 3.74. The van der Waals surface area contributed by atoms with Crippen LogP contribution in [0, 0.1) is 0 Å². The summed E-state index contributed by atoms with van der Waals surface area (Å²) in [7, 11) is 2.29. The molecule has 1 spiro atoms. The molecule has 0 aromatic heterocycles. The third-order valence-electron chi connectivity index (χ3n) is 5.13. The molecular weight excluding hydrogens is 240 g/mol. The normalized spacial score (nSPS) is 33.0. The first kappa shape index (κ1) is 13.8. The summed E-state index contributed by atoms with van der Waals surface area (Å²) in [5, 5.41) is 0. The maximum atomic E-state index is 5.78. The van der Waals surface area contributed by atoms with E-state index < -0.39 is 0 Å². The van der Waals surface area contributed by atoms with Crippen molar-refractivity contribution < 1.29 is 9.47 Å². The number of likely N-dealkylation sites (tertiary alicyclic amines) is 2.